The first-order valence-electron chi connectivity index (χ1n) is 12.6. The molecule has 1 unspecified atom stereocenters. The highest BCUT2D eigenvalue weighted by atomic mass is 32.2. The molecule has 4 rings (SSSR count). The number of anilines is 1. The number of amides is 2. The number of nitrogens with zero attached hydrogens (tertiary/aromatic N) is 4. The topological polar surface area (TPSA) is 185 Å². The summed E-state index contributed by atoms with van der Waals surface area (Å²) in [5, 5.41) is 7.53. The molecule has 2 aliphatic heterocycles. The lowest BCUT2D eigenvalue weighted by atomic mass is 10.0. The van der Waals surface area contributed by atoms with Crippen LogP contribution in [0, 0.1) is 0 Å². The van der Waals surface area contributed by atoms with Crippen LogP contribution in [-0.2, 0) is 33.4 Å². The van der Waals surface area contributed by atoms with E-state index in [9.17, 15) is 19.2 Å². The molecule has 1 saturated heterocycles. The first kappa shape index (κ1) is 30.5. The number of nitrogens with two attached hydrogens (primary N) is 1. The number of aromatic nitrogens is 2. The molecule has 222 valence electrons. The molecule has 16 heteroatoms. The number of allylic oxidation sites excluding steroid dienone is 1. The SMILES string of the molecule is CON=C(C(=O)N[C@@H]1C(=O)N2C(C(=O)OC(C)OC(=O)OC(C)C)=C(/C=C/c3ccncc3)CS[C@@H]12)c1csc(N)n1. The molecule has 0 radical (unpaired) electrons. The highest BCUT2D eigenvalue weighted by Crippen LogP contribution is 2.41. The van der Waals surface area contributed by atoms with Gasteiger partial charge in [-0.2, -0.15) is 0 Å². The molecule has 2 amide bonds. The fraction of sp³-hybridized carbons (Fsp3) is 0.346. The van der Waals surface area contributed by atoms with Gasteiger partial charge in [0.05, 0.1) is 6.10 Å². The summed E-state index contributed by atoms with van der Waals surface area (Å²) < 4.78 is 15.3. The summed E-state index contributed by atoms with van der Waals surface area (Å²) in [6.45, 7) is 4.64. The van der Waals surface area contributed by atoms with Crippen LogP contribution in [0.3, 0.4) is 0 Å². The smallest absolute Gasteiger partial charge is 0.431 e. The molecular formula is C26H28N6O8S2. The maximum Gasteiger partial charge on any atom is 0.511 e. The van der Waals surface area contributed by atoms with Gasteiger partial charge in [-0.05, 0) is 37.1 Å². The van der Waals surface area contributed by atoms with Crippen LogP contribution in [0.4, 0.5) is 9.93 Å². The van der Waals surface area contributed by atoms with Gasteiger partial charge in [0, 0.05) is 30.5 Å². The van der Waals surface area contributed by atoms with Gasteiger partial charge in [-0.25, -0.2) is 14.6 Å². The molecule has 4 heterocycles. The van der Waals surface area contributed by atoms with Crippen LogP contribution in [0.25, 0.3) is 6.08 Å². The van der Waals surface area contributed by atoms with Crippen molar-refractivity contribution >= 4 is 64.0 Å². The second-order valence-electron chi connectivity index (χ2n) is 9.05. The number of carbonyl (C=O) groups is 4. The monoisotopic (exact) mass is 616 g/mol. The number of oxime groups is 1. The number of thiazole rings is 1. The third kappa shape index (κ3) is 7.06. The van der Waals surface area contributed by atoms with Gasteiger partial charge in [0.15, 0.2) is 10.8 Å². The maximum absolute atomic E-state index is 13.4. The summed E-state index contributed by atoms with van der Waals surface area (Å²) in [6.07, 6.45) is 3.96. The Morgan fingerprint density at radius 1 is 1.17 bits per heavy atom. The Labute approximate surface area is 248 Å². The highest BCUT2D eigenvalue weighted by Gasteiger charge is 2.54. The van der Waals surface area contributed by atoms with E-state index < -0.39 is 47.7 Å². The molecule has 2 aromatic rings. The quantitative estimate of drug-likeness (QED) is 0.131. The third-order valence-electron chi connectivity index (χ3n) is 5.69. The van der Waals surface area contributed by atoms with Crippen LogP contribution in [0.15, 0.2) is 52.4 Å². The van der Waals surface area contributed by atoms with E-state index in [1.54, 1.807) is 50.5 Å². The minimum absolute atomic E-state index is 0.0368. The molecule has 42 heavy (non-hydrogen) atoms. The number of ether oxygens (including phenoxy) is 3. The molecule has 14 nitrogen and oxygen atoms in total. The summed E-state index contributed by atoms with van der Waals surface area (Å²) in [5.41, 5.74) is 6.99. The van der Waals surface area contributed by atoms with Crippen molar-refractivity contribution in [2.75, 3.05) is 18.6 Å². The second kappa shape index (κ2) is 13.5. The van der Waals surface area contributed by atoms with Gasteiger partial charge < -0.3 is 30.1 Å². The molecule has 0 bridgehead atoms. The lowest BCUT2D eigenvalue weighted by Crippen LogP contribution is -2.71. The Balaban J connectivity index is 1.56. The predicted molar refractivity (Wildman–Crippen MR) is 154 cm³/mol. The van der Waals surface area contributed by atoms with Gasteiger partial charge in [-0.1, -0.05) is 17.3 Å². The molecule has 0 saturated carbocycles. The highest BCUT2D eigenvalue weighted by molar-refractivity contribution is 8.00. The van der Waals surface area contributed by atoms with Crippen molar-refractivity contribution < 1.29 is 38.2 Å². The number of pyridine rings is 1. The summed E-state index contributed by atoms with van der Waals surface area (Å²) in [4.78, 5) is 65.8. The summed E-state index contributed by atoms with van der Waals surface area (Å²) in [7, 11) is 1.27. The average molecular weight is 617 g/mol. The van der Waals surface area contributed by atoms with Gasteiger partial charge >= 0.3 is 12.1 Å². The summed E-state index contributed by atoms with van der Waals surface area (Å²) >= 11 is 2.46. The van der Waals surface area contributed by atoms with Crippen molar-refractivity contribution in [2.45, 2.75) is 44.6 Å². The molecule has 3 N–H and O–H groups in total. The first-order valence-corrected chi connectivity index (χ1v) is 14.5. The van der Waals surface area contributed by atoms with E-state index in [1.807, 2.05) is 0 Å². The Bertz CT molecular complexity index is 1440. The fourth-order valence-electron chi connectivity index (χ4n) is 3.92. The summed E-state index contributed by atoms with van der Waals surface area (Å²) in [6, 6.07) is 2.57. The molecule has 0 aromatic carbocycles. The lowest BCUT2D eigenvalue weighted by Gasteiger charge is -2.49. The first-order chi connectivity index (χ1) is 20.1. The van der Waals surface area contributed by atoms with E-state index in [4.69, 9.17) is 24.8 Å². The van der Waals surface area contributed by atoms with Gasteiger partial charge in [-0.15, -0.1) is 23.1 Å². The summed E-state index contributed by atoms with van der Waals surface area (Å²) in [5.74, 6) is -1.84. The Hall–Kier alpha value is -4.44. The van der Waals surface area contributed by atoms with Gasteiger partial charge in [0.25, 0.3) is 11.8 Å². The zero-order valence-corrected chi connectivity index (χ0v) is 24.6. The van der Waals surface area contributed by atoms with Crippen LogP contribution in [-0.4, -0.2) is 81.2 Å². The van der Waals surface area contributed by atoms with Crippen molar-refractivity contribution in [3.05, 3.63) is 58.5 Å². The van der Waals surface area contributed by atoms with Crippen molar-refractivity contribution in [2.24, 2.45) is 5.16 Å². The number of hydrogen-bond acceptors (Lipinski definition) is 14. The van der Waals surface area contributed by atoms with Gasteiger partial charge in [0.1, 0.15) is 29.9 Å². The lowest BCUT2D eigenvalue weighted by molar-refractivity contribution is -0.169. The van der Waals surface area contributed by atoms with Crippen molar-refractivity contribution in [3.8, 4) is 0 Å². The fourth-order valence-corrected chi connectivity index (χ4v) is 5.79. The Morgan fingerprint density at radius 3 is 2.55 bits per heavy atom. The predicted octanol–water partition coefficient (Wildman–Crippen LogP) is 2.29. The minimum atomic E-state index is -1.31. The van der Waals surface area contributed by atoms with Crippen LogP contribution in [0.5, 0.6) is 0 Å². The molecule has 2 aliphatic rings. The van der Waals surface area contributed by atoms with Crippen molar-refractivity contribution in [1.82, 2.24) is 20.2 Å². The number of thioether (sulfide) groups is 1. The minimum Gasteiger partial charge on any atom is -0.431 e. The second-order valence-corrected chi connectivity index (χ2v) is 11.0. The van der Waals surface area contributed by atoms with E-state index in [0.717, 1.165) is 16.9 Å². The Morgan fingerprint density at radius 2 is 1.90 bits per heavy atom. The van der Waals surface area contributed by atoms with Gasteiger partial charge in [0.2, 0.25) is 6.29 Å². The molecular weight excluding hydrogens is 588 g/mol. The maximum atomic E-state index is 13.4. The number of hydrogen-bond donors (Lipinski definition) is 2. The number of carbonyl (C=O) groups excluding carboxylic acids is 4. The van der Waals surface area contributed by atoms with Gasteiger partial charge in [-0.3, -0.25) is 19.5 Å². The van der Waals surface area contributed by atoms with E-state index in [1.165, 1.54) is 36.1 Å². The van der Waals surface area contributed by atoms with Crippen molar-refractivity contribution in [3.63, 3.8) is 0 Å². The third-order valence-corrected chi connectivity index (χ3v) is 7.67. The molecule has 2 aromatic heterocycles. The molecule has 3 atom stereocenters. The number of esters is 1. The van der Waals surface area contributed by atoms with E-state index in [-0.39, 0.29) is 22.2 Å². The van der Waals surface area contributed by atoms with Crippen LogP contribution >= 0.6 is 23.1 Å². The zero-order chi connectivity index (χ0) is 30.4. The van der Waals surface area contributed by atoms with Crippen LogP contribution < -0.4 is 11.1 Å². The average Bonchev–Trinajstić information content (AvgIpc) is 3.38. The number of nitrogens with one attached hydrogen (secondary N) is 1. The zero-order valence-electron chi connectivity index (χ0n) is 23.0. The Kier molecular flexibility index (Phi) is 9.80. The molecule has 1 fully saturated rings. The molecule has 0 aliphatic carbocycles. The number of fused-ring (bicyclic) bond motifs is 1. The van der Waals surface area contributed by atoms with E-state index in [2.05, 4.69) is 20.4 Å². The number of β-lactam (4-membered cyclic amide) rings is 1. The van der Waals surface area contributed by atoms with Crippen LogP contribution in [0.2, 0.25) is 0 Å². The van der Waals surface area contributed by atoms with Crippen molar-refractivity contribution in [1.29, 1.82) is 0 Å². The largest absolute Gasteiger partial charge is 0.511 e. The number of rotatable bonds is 10. The normalized spacial score (nSPS) is 19.2. The van der Waals surface area contributed by atoms with E-state index >= 15 is 0 Å². The molecule has 0 spiro atoms. The van der Waals surface area contributed by atoms with Crippen LogP contribution in [0.1, 0.15) is 32.0 Å². The van der Waals surface area contributed by atoms with E-state index in [0.29, 0.717) is 11.3 Å². The number of nitrogen functional groups attached to an aromatic ring is 1. The standard InChI is InChI=1S/C26H28N6O8S2/c1-13(2)38-26(36)40-14(3)39-24(35)20-16(6-5-15-7-9-28-10-8-15)11-41-23-19(22(34)32(20)23)30-21(33)18(31-37-4)17-12-42-25(27)29-17/h5-10,12-14,19,23H,11H2,1-4H3,(H2,27,29)(H,30,33)/b6-5+,31-18?/t14?,19-,23+/m1/s1.